The second-order valence-corrected chi connectivity index (χ2v) is 11.5. The van der Waals surface area contributed by atoms with Crippen LogP contribution in [0.5, 0.6) is 0 Å². The summed E-state index contributed by atoms with van der Waals surface area (Å²) in [6.07, 6.45) is 17.9. The lowest BCUT2D eigenvalue weighted by atomic mass is 9.81. The van der Waals surface area contributed by atoms with Gasteiger partial charge in [0.25, 0.3) is 0 Å². The fourth-order valence-corrected chi connectivity index (χ4v) is 6.63. The second-order valence-electron chi connectivity index (χ2n) is 11.5. The third-order valence-corrected chi connectivity index (χ3v) is 8.94. The number of nitrogens with one attached hydrogen (secondary N) is 1. The molecule has 0 radical (unpaired) electrons. The predicted molar refractivity (Wildman–Crippen MR) is 158 cm³/mol. The maximum Gasteiger partial charge on any atom is 0.191 e. The van der Waals surface area contributed by atoms with Crippen molar-refractivity contribution in [3.05, 3.63) is 94.0 Å². The third kappa shape index (κ3) is 5.61. The molecule has 0 amide bonds. The molecule has 4 aliphatic rings. The van der Waals surface area contributed by atoms with Crippen LogP contribution in [-0.2, 0) is 12.8 Å². The number of carbonyl (C=O) groups is 1. The first-order valence-corrected chi connectivity index (χ1v) is 14.9. The molecule has 2 heterocycles. The third-order valence-electron chi connectivity index (χ3n) is 8.94. The number of likely N-dealkylation sites (tertiary alicyclic amines) is 1. The molecular formula is C34H45N3O. The van der Waals surface area contributed by atoms with Crippen LogP contribution in [0.1, 0.15) is 80.8 Å². The maximum atomic E-state index is 13.7. The lowest BCUT2D eigenvalue weighted by Crippen LogP contribution is -2.48. The van der Waals surface area contributed by atoms with E-state index in [1.165, 1.54) is 48.1 Å². The van der Waals surface area contributed by atoms with Gasteiger partial charge in [0.15, 0.2) is 5.78 Å². The predicted octanol–water partition coefficient (Wildman–Crippen LogP) is 6.72. The van der Waals surface area contributed by atoms with E-state index < -0.39 is 0 Å². The average molecular weight is 512 g/mol. The molecule has 0 aromatic heterocycles. The van der Waals surface area contributed by atoms with Crippen molar-refractivity contribution in [1.82, 2.24) is 15.1 Å². The number of allylic oxidation sites excluding steroid dienone is 4. The summed E-state index contributed by atoms with van der Waals surface area (Å²) in [6.45, 7) is 15.5. The maximum absolute atomic E-state index is 13.7. The molecular weight excluding hydrogens is 466 g/mol. The van der Waals surface area contributed by atoms with Gasteiger partial charge in [0, 0.05) is 29.9 Å². The zero-order valence-electron chi connectivity index (χ0n) is 23.7. The largest absolute Gasteiger partial charge is 0.361 e. The van der Waals surface area contributed by atoms with Crippen LogP contribution in [0, 0.1) is 5.92 Å². The number of aryl methyl sites for hydroxylation is 1. The van der Waals surface area contributed by atoms with Crippen LogP contribution in [0.2, 0.25) is 0 Å². The van der Waals surface area contributed by atoms with Crippen molar-refractivity contribution in [2.24, 2.45) is 5.92 Å². The molecule has 4 nitrogen and oxygen atoms in total. The lowest BCUT2D eigenvalue weighted by Gasteiger charge is -2.43. The first-order chi connectivity index (χ1) is 18.5. The van der Waals surface area contributed by atoms with E-state index in [4.69, 9.17) is 0 Å². The quantitative estimate of drug-likeness (QED) is 0.420. The molecule has 38 heavy (non-hydrogen) atoms. The highest BCUT2D eigenvalue weighted by atomic mass is 16.1. The van der Waals surface area contributed by atoms with Crippen molar-refractivity contribution in [1.29, 1.82) is 0 Å². The minimum absolute atomic E-state index is 0.0797. The molecule has 1 atom stereocenters. The van der Waals surface area contributed by atoms with Gasteiger partial charge in [-0.25, -0.2) is 0 Å². The Kier molecular flexibility index (Phi) is 8.38. The van der Waals surface area contributed by atoms with Crippen LogP contribution in [0.25, 0.3) is 0 Å². The highest BCUT2D eigenvalue weighted by Crippen LogP contribution is 2.35. The van der Waals surface area contributed by atoms with Gasteiger partial charge in [0.05, 0.1) is 11.9 Å². The zero-order valence-corrected chi connectivity index (χ0v) is 23.7. The molecule has 1 aromatic carbocycles. The van der Waals surface area contributed by atoms with Crippen molar-refractivity contribution >= 4 is 5.78 Å². The Bertz CT molecular complexity index is 1190. The van der Waals surface area contributed by atoms with Crippen LogP contribution in [0.15, 0.2) is 77.3 Å². The molecule has 1 unspecified atom stereocenters. The van der Waals surface area contributed by atoms with E-state index in [1.807, 2.05) is 6.07 Å². The summed E-state index contributed by atoms with van der Waals surface area (Å²) in [5.74, 6) is 1.77. The topological polar surface area (TPSA) is 35.6 Å². The molecule has 4 heteroatoms. The number of piperidine rings is 1. The van der Waals surface area contributed by atoms with Crippen molar-refractivity contribution < 1.29 is 4.79 Å². The van der Waals surface area contributed by atoms with Crippen LogP contribution < -0.4 is 5.32 Å². The van der Waals surface area contributed by atoms with Crippen molar-refractivity contribution in [3.8, 4) is 0 Å². The Morgan fingerprint density at radius 2 is 1.92 bits per heavy atom. The van der Waals surface area contributed by atoms with Crippen LogP contribution in [0.4, 0.5) is 0 Å². The SMILES string of the molecule is C=C1NC(C2=CCc3cc(CC)ccc3C2=O)C(CCC)=C(C)N1CC1CCN(CC2=CCCC=C2)CC1. The molecule has 2 aliphatic carbocycles. The summed E-state index contributed by atoms with van der Waals surface area (Å²) in [5.41, 5.74) is 8.35. The van der Waals surface area contributed by atoms with Crippen molar-refractivity contribution in [2.75, 3.05) is 26.2 Å². The first-order valence-electron chi connectivity index (χ1n) is 14.9. The Morgan fingerprint density at radius 3 is 2.63 bits per heavy atom. The van der Waals surface area contributed by atoms with Gasteiger partial charge in [-0.05, 0) is 93.2 Å². The lowest BCUT2D eigenvalue weighted by molar-refractivity contribution is 0.102. The normalized spacial score (nSPS) is 22.8. The van der Waals surface area contributed by atoms with Crippen LogP contribution >= 0.6 is 0 Å². The number of benzene rings is 1. The molecule has 1 fully saturated rings. The number of hydrogen-bond acceptors (Lipinski definition) is 4. The number of rotatable bonds is 8. The number of fused-ring (bicyclic) bond motifs is 1. The van der Waals surface area contributed by atoms with Gasteiger partial charge in [0.1, 0.15) is 0 Å². The van der Waals surface area contributed by atoms with E-state index in [0.717, 1.165) is 74.4 Å². The second kappa shape index (κ2) is 11.9. The fourth-order valence-electron chi connectivity index (χ4n) is 6.63. The number of Topliss-reactive ketones (excluding diaryl/α,β-unsaturated/α-hetero) is 1. The van der Waals surface area contributed by atoms with E-state index in [0.29, 0.717) is 5.92 Å². The van der Waals surface area contributed by atoms with Gasteiger partial charge in [-0.3, -0.25) is 9.69 Å². The number of nitrogens with zero attached hydrogens (tertiary/aromatic N) is 2. The Morgan fingerprint density at radius 1 is 1.11 bits per heavy atom. The summed E-state index contributed by atoms with van der Waals surface area (Å²) in [4.78, 5) is 18.7. The minimum atomic E-state index is -0.0797. The molecule has 1 saturated heterocycles. The molecule has 5 rings (SSSR count). The van der Waals surface area contributed by atoms with Crippen molar-refractivity contribution in [3.63, 3.8) is 0 Å². The highest BCUT2D eigenvalue weighted by Gasteiger charge is 2.35. The minimum Gasteiger partial charge on any atom is -0.361 e. The Hall–Kier alpha value is -2.85. The smallest absolute Gasteiger partial charge is 0.191 e. The molecule has 202 valence electrons. The summed E-state index contributed by atoms with van der Waals surface area (Å²) >= 11 is 0. The van der Waals surface area contributed by atoms with E-state index >= 15 is 0 Å². The van der Waals surface area contributed by atoms with E-state index in [-0.39, 0.29) is 11.8 Å². The van der Waals surface area contributed by atoms with Gasteiger partial charge < -0.3 is 10.2 Å². The van der Waals surface area contributed by atoms with E-state index in [2.05, 4.69) is 78.9 Å². The van der Waals surface area contributed by atoms with E-state index in [1.54, 1.807) is 0 Å². The van der Waals surface area contributed by atoms with Gasteiger partial charge in [-0.15, -0.1) is 0 Å². The highest BCUT2D eigenvalue weighted by molar-refractivity contribution is 6.12. The summed E-state index contributed by atoms with van der Waals surface area (Å²) < 4.78 is 0. The van der Waals surface area contributed by atoms with Gasteiger partial charge >= 0.3 is 0 Å². The Labute approximate surface area is 229 Å². The summed E-state index contributed by atoms with van der Waals surface area (Å²) in [6, 6.07) is 6.27. The Balaban J connectivity index is 1.28. The summed E-state index contributed by atoms with van der Waals surface area (Å²) in [7, 11) is 0. The number of carbonyl (C=O) groups excluding carboxylic acids is 1. The zero-order chi connectivity index (χ0) is 26.6. The van der Waals surface area contributed by atoms with Crippen molar-refractivity contribution in [2.45, 2.75) is 78.2 Å². The fraction of sp³-hybridized carbons (Fsp3) is 0.500. The molecule has 1 N–H and O–H groups in total. The molecule has 2 aliphatic heterocycles. The van der Waals surface area contributed by atoms with E-state index in [9.17, 15) is 4.79 Å². The number of hydrogen-bond donors (Lipinski definition) is 1. The van der Waals surface area contributed by atoms with Crippen LogP contribution in [0.3, 0.4) is 0 Å². The molecule has 0 saturated carbocycles. The monoisotopic (exact) mass is 511 g/mol. The van der Waals surface area contributed by atoms with Crippen LogP contribution in [-0.4, -0.2) is 47.8 Å². The standard InChI is InChI=1S/C34H45N3O/c1-5-10-30-24(3)37(23-28-17-19-36(20-18-28)22-27-11-8-7-9-12-27)25(4)35-33(30)32-16-14-29-21-26(6-2)13-15-31(29)34(32)38/h8,11-13,15-16,21,28,33,35H,4-7,9-10,14,17-20,22-23H2,1-3H3. The molecule has 0 bridgehead atoms. The first kappa shape index (κ1) is 26.7. The number of ketones is 1. The average Bonchev–Trinajstić information content (AvgIpc) is 2.94. The molecule has 1 aromatic rings. The van der Waals surface area contributed by atoms with Gasteiger partial charge in [-0.2, -0.15) is 0 Å². The van der Waals surface area contributed by atoms with Gasteiger partial charge in [-0.1, -0.05) is 69.4 Å². The molecule has 0 spiro atoms. The summed E-state index contributed by atoms with van der Waals surface area (Å²) in [5, 5.41) is 3.70. The van der Waals surface area contributed by atoms with Gasteiger partial charge in [0.2, 0.25) is 0 Å².